The summed E-state index contributed by atoms with van der Waals surface area (Å²) in [5.41, 5.74) is 5.67. The zero-order chi connectivity index (χ0) is 13.2. The first kappa shape index (κ1) is 13.9. The molecule has 0 radical (unpaired) electrons. The fraction of sp³-hybridized carbons (Fsp3) is 0.500. The lowest BCUT2D eigenvalue weighted by Gasteiger charge is -2.38. The highest BCUT2D eigenvalue weighted by molar-refractivity contribution is 7.98. The highest BCUT2D eigenvalue weighted by Gasteiger charge is 2.33. The molecule has 0 saturated heterocycles. The number of thioether (sulfide) groups is 1. The van der Waals surface area contributed by atoms with Crippen LogP contribution in [-0.2, 0) is 10.0 Å². The Morgan fingerprint density at radius 2 is 2.17 bits per heavy atom. The standard InChI is InChI=1S/C12H18N2O2S2/c1-17-10-4-2-5-11(8-10)18(15,16)14-9-12(13)6-3-7-12/h2,4-5,8,14H,3,6-7,9,13H2,1H3. The van der Waals surface area contributed by atoms with E-state index in [1.54, 1.807) is 18.2 Å². The van der Waals surface area contributed by atoms with Gasteiger partial charge >= 0.3 is 0 Å². The van der Waals surface area contributed by atoms with Gasteiger partial charge in [0.2, 0.25) is 10.0 Å². The van der Waals surface area contributed by atoms with Crippen LogP contribution in [0.3, 0.4) is 0 Å². The van der Waals surface area contributed by atoms with Gasteiger partial charge in [-0.25, -0.2) is 13.1 Å². The molecule has 0 bridgehead atoms. The first-order valence-corrected chi connectivity index (χ1v) is 8.59. The molecule has 2 rings (SSSR count). The predicted octanol–water partition coefficient (Wildman–Crippen LogP) is 1.57. The second kappa shape index (κ2) is 5.21. The molecule has 1 aliphatic carbocycles. The summed E-state index contributed by atoms with van der Waals surface area (Å²) in [6, 6.07) is 6.92. The molecule has 6 heteroatoms. The molecular weight excluding hydrogens is 268 g/mol. The zero-order valence-electron chi connectivity index (χ0n) is 10.3. The number of nitrogens with one attached hydrogen (secondary N) is 1. The summed E-state index contributed by atoms with van der Waals surface area (Å²) >= 11 is 1.52. The fourth-order valence-corrected chi connectivity index (χ4v) is 3.62. The Morgan fingerprint density at radius 1 is 1.44 bits per heavy atom. The molecule has 0 spiro atoms. The van der Waals surface area contributed by atoms with Crippen molar-refractivity contribution in [2.24, 2.45) is 5.73 Å². The molecule has 3 N–H and O–H groups in total. The van der Waals surface area contributed by atoms with Crippen molar-refractivity contribution in [1.29, 1.82) is 0 Å². The van der Waals surface area contributed by atoms with Gasteiger partial charge in [0.1, 0.15) is 0 Å². The molecule has 0 amide bonds. The van der Waals surface area contributed by atoms with E-state index in [-0.39, 0.29) is 5.54 Å². The van der Waals surface area contributed by atoms with Crippen molar-refractivity contribution in [2.45, 2.75) is 34.6 Å². The number of hydrogen-bond acceptors (Lipinski definition) is 4. The number of rotatable bonds is 5. The molecule has 1 fully saturated rings. The summed E-state index contributed by atoms with van der Waals surface area (Å²) < 4.78 is 26.8. The fourth-order valence-electron chi connectivity index (χ4n) is 1.90. The van der Waals surface area contributed by atoms with Crippen LogP contribution < -0.4 is 10.5 Å². The SMILES string of the molecule is CSc1cccc(S(=O)(=O)NCC2(N)CCC2)c1. The first-order chi connectivity index (χ1) is 8.45. The van der Waals surface area contributed by atoms with Gasteiger partial charge in [-0.05, 0) is 43.7 Å². The molecule has 100 valence electrons. The molecule has 0 heterocycles. The van der Waals surface area contributed by atoms with Gasteiger partial charge in [0.25, 0.3) is 0 Å². The van der Waals surface area contributed by atoms with E-state index in [0.717, 1.165) is 24.2 Å². The average molecular weight is 286 g/mol. The third kappa shape index (κ3) is 3.06. The lowest BCUT2D eigenvalue weighted by atomic mass is 9.78. The maximum absolute atomic E-state index is 12.1. The summed E-state index contributed by atoms with van der Waals surface area (Å²) in [7, 11) is -3.45. The molecule has 1 aromatic rings. The molecule has 0 aliphatic heterocycles. The number of nitrogens with two attached hydrogens (primary N) is 1. The molecular formula is C12H18N2O2S2. The largest absolute Gasteiger partial charge is 0.324 e. The quantitative estimate of drug-likeness (QED) is 0.806. The van der Waals surface area contributed by atoms with Gasteiger partial charge in [-0.1, -0.05) is 6.07 Å². The Kier molecular flexibility index (Phi) is 4.01. The molecule has 0 aromatic heterocycles. The predicted molar refractivity (Wildman–Crippen MR) is 74.2 cm³/mol. The maximum atomic E-state index is 12.1. The summed E-state index contributed by atoms with van der Waals surface area (Å²) in [6.07, 6.45) is 4.78. The van der Waals surface area contributed by atoms with Gasteiger partial charge in [0.15, 0.2) is 0 Å². The van der Waals surface area contributed by atoms with Crippen molar-refractivity contribution in [3.05, 3.63) is 24.3 Å². The van der Waals surface area contributed by atoms with Crippen LogP contribution >= 0.6 is 11.8 Å². The number of sulfonamides is 1. The van der Waals surface area contributed by atoms with E-state index >= 15 is 0 Å². The van der Waals surface area contributed by atoms with E-state index in [0.29, 0.717) is 11.4 Å². The van der Waals surface area contributed by atoms with Gasteiger partial charge in [-0.3, -0.25) is 0 Å². The molecule has 18 heavy (non-hydrogen) atoms. The van der Waals surface area contributed by atoms with Crippen LogP contribution in [0.25, 0.3) is 0 Å². The van der Waals surface area contributed by atoms with Crippen molar-refractivity contribution in [1.82, 2.24) is 4.72 Å². The summed E-state index contributed by atoms with van der Waals surface area (Å²) in [6.45, 7) is 0.318. The van der Waals surface area contributed by atoms with Crippen molar-refractivity contribution in [2.75, 3.05) is 12.8 Å². The Hall–Kier alpha value is -0.560. The van der Waals surface area contributed by atoms with E-state index < -0.39 is 10.0 Å². The highest BCUT2D eigenvalue weighted by Crippen LogP contribution is 2.28. The lowest BCUT2D eigenvalue weighted by Crippen LogP contribution is -2.54. The van der Waals surface area contributed by atoms with Crippen molar-refractivity contribution in [3.8, 4) is 0 Å². The van der Waals surface area contributed by atoms with E-state index in [9.17, 15) is 8.42 Å². The normalized spacial score (nSPS) is 18.3. The van der Waals surface area contributed by atoms with Gasteiger partial charge < -0.3 is 5.73 Å². The minimum Gasteiger partial charge on any atom is -0.324 e. The van der Waals surface area contributed by atoms with Crippen LogP contribution in [0.2, 0.25) is 0 Å². The third-order valence-electron chi connectivity index (χ3n) is 3.32. The Balaban J connectivity index is 2.09. The van der Waals surface area contributed by atoms with Crippen LogP contribution in [0, 0.1) is 0 Å². The monoisotopic (exact) mass is 286 g/mol. The van der Waals surface area contributed by atoms with Crippen LogP contribution in [-0.4, -0.2) is 26.8 Å². The van der Waals surface area contributed by atoms with E-state index in [4.69, 9.17) is 5.73 Å². The van der Waals surface area contributed by atoms with Crippen molar-refractivity contribution in [3.63, 3.8) is 0 Å². The topological polar surface area (TPSA) is 72.2 Å². The minimum atomic E-state index is -3.45. The smallest absolute Gasteiger partial charge is 0.240 e. The van der Waals surface area contributed by atoms with Gasteiger partial charge in [0, 0.05) is 17.0 Å². The van der Waals surface area contributed by atoms with Crippen LogP contribution in [0.15, 0.2) is 34.1 Å². The summed E-state index contributed by atoms with van der Waals surface area (Å²) in [5.74, 6) is 0. The summed E-state index contributed by atoms with van der Waals surface area (Å²) in [5, 5.41) is 0. The Bertz CT molecular complexity index is 525. The second-order valence-electron chi connectivity index (χ2n) is 4.72. The zero-order valence-corrected chi connectivity index (χ0v) is 12.0. The van der Waals surface area contributed by atoms with E-state index in [1.807, 2.05) is 12.3 Å². The van der Waals surface area contributed by atoms with Crippen LogP contribution in [0.5, 0.6) is 0 Å². The van der Waals surface area contributed by atoms with Crippen molar-refractivity contribution < 1.29 is 8.42 Å². The Labute approximate surface area is 112 Å². The first-order valence-electron chi connectivity index (χ1n) is 5.88. The number of benzene rings is 1. The lowest BCUT2D eigenvalue weighted by molar-refractivity contribution is 0.251. The van der Waals surface area contributed by atoms with Crippen LogP contribution in [0.4, 0.5) is 0 Å². The van der Waals surface area contributed by atoms with E-state index in [1.165, 1.54) is 11.8 Å². The molecule has 1 aliphatic rings. The maximum Gasteiger partial charge on any atom is 0.240 e. The minimum absolute atomic E-state index is 0.303. The van der Waals surface area contributed by atoms with Crippen molar-refractivity contribution >= 4 is 21.8 Å². The average Bonchev–Trinajstić information content (AvgIpc) is 2.34. The van der Waals surface area contributed by atoms with Gasteiger partial charge in [-0.2, -0.15) is 0 Å². The highest BCUT2D eigenvalue weighted by atomic mass is 32.2. The molecule has 1 aromatic carbocycles. The number of hydrogen-bond donors (Lipinski definition) is 2. The molecule has 4 nitrogen and oxygen atoms in total. The summed E-state index contributed by atoms with van der Waals surface area (Å²) in [4.78, 5) is 1.24. The van der Waals surface area contributed by atoms with Gasteiger partial charge in [0.05, 0.1) is 4.90 Å². The molecule has 0 unspecified atom stereocenters. The third-order valence-corrected chi connectivity index (χ3v) is 5.44. The van der Waals surface area contributed by atoms with E-state index in [2.05, 4.69) is 4.72 Å². The molecule has 0 atom stereocenters. The second-order valence-corrected chi connectivity index (χ2v) is 7.37. The van der Waals surface area contributed by atoms with Crippen LogP contribution in [0.1, 0.15) is 19.3 Å². The molecule has 1 saturated carbocycles. The Morgan fingerprint density at radius 3 is 2.72 bits per heavy atom. The van der Waals surface area contributed by atoms with Gasteiger partial charge in [-0.15, -0.1) is 11.8 Å².